The standard InChI is InChI=1S/C8H17BrN2O4S/c1-7(2)11(6-4-5-9)16(13,14)10-8(12)15-3/h7H,4-6H2,1-3H3,(H,10,12). The molecule has 0 atom stereocenters. The van der Waals surface area contributed by atoms with Crippen LogP contribution in [0.2, 0.25) is 0 Å². The van der Waals surface area contributed by atoms with Crippen LogP contribution in [0.4, 0.5) is 4.79 Å². The van der Waals surface area contributed by atoms with Crippen LogP contribution in [-0.4, -0.2) is 43.8 Å². The molecule has 16 heavy (non-hydrogen) atoms. The van der Waals surface area contributed by atoms with Crippen LogP contribution in [0.5, 0.6) is 0 Å². The summed E-state index contributed by atoms with van der Waals surface area (Å²) in [5.74, 6) is 0. The molecule has 8 heteroatoms. The van der Waals surface area contributed by atoms with Gasteiger partial charge >= 0.3 is 16.3 Å². The molecule has 0 radical (unpaired) electrons. The van der Waals surface area contributed by atoms with Gasteiger partial charge < -0.3 is 4.74 Å². The molecule has 1 N–H and O–H groups in total. The third kappa shape index (κ3) is 5.13. The van der Waals surface area contributed by atoms with Crippen molar-refractivity contribution in [3.05, 3.63) is 0 Å². The van der Waals surface area contributed by atoms with Crippen molar-refractivity contribution in [2.45, 2.75) is 26.3 Å². The van der Waals surface area contributed by atoms with Crippen molar-refractivity contribution in [2.75, 3.05) is 19.0 Å². The van der Waals surface area contributed by atoms with Gasteiger partial charge in [-0.25, -0.2) is 9.52 Å². The number of nitrogens with one attached hydrogen (secondary N) is 1. The number of methoxy groups -OCH3 is 1. The van der Waals surface area contributed by atoms with E-state index in [4.69, 9.17) is 0 Å². The van der Waals surface area contributed by atoms with E-state index in [1.807, 2.05) is 4.72 Å². The van der Waals surface area contributed by atoms with Gasteiger partial charge in [-0.15, -0.1) is 0 Å². The Morgan fingerprint density at radius 2 is 2.06 bits per heavy atom. The summed E-state index contributed by atoms with van der Waals surface area (Å²) in [5, 5.41) is 0.698. The average Bonchev–Trinajstić information content (AvgIpc) is 2.16. The fourth-order valence-electron chi connectivity index (χ4n) is 1.08. The van der Waals surface area contributed by atoms with Crippen LogP contribution in [0, 0.1) is 0 Å². The molecule has 0 saturated heterocycles. The highest BCUT2D eigenvalue weighted by atomic mass is 79.9. The monoisotopic (exact) mass is 316 g/mol. The highest BCUT2D eigenvalue weighted by molar-refractivity contribution is 9.09. The number of carbonyl (C=O) groups excluding carboxylic acids is 1. The molecule has 0 aliphatic rings. The summed E-state index contributed by atoms with van der Waals surface area (Å²) in [5.41, 5.74) is 0. The highest BCUT2D eigenvalue weighted by Crippen LogP contribution is 2.07. The lowest BCUT2D eigenvalue weighted by atomic mass is 10.4. The Labute approximate surface area is 105 Å². The van der Waals surface area contributed by atoms with Gasteiger partial charge in [0, 0.05) is 17.9 Å². The van der Waals surface area contributed by atoms with Crippen LogP contribution in [0.1, 0.15) is 20.3 Å². The second kappa shape index (κ2) is 7.08. The summed E-state index contributed by atoms with van der Waals surface area (Å²) in [7, 11) is -2.70. The Morgan fingerprint density at radius 1 is 1.50 bits per heavy atom. The van der Waals surface area contributed by atoms with Crippen molar-refractivity contribution in [1.29, 1.82) is 0 Å². The van der Waals surface area contributed by atoms with Gasteiger partial charge in [0.05, 0.1) is 7.11 Å². The molecule has 0 bridgehead atoms. The van der Waals surface area contributed by atoms with Crippen LogP contribution in [0.25, 0.3) is 0 Å². The summed E-state index contributed by atoms with van der Waals surface area (Å²) < 4.78 is 30.8. The SMILES string of the molecule is COC(=O)NS(=O)(=O)N(CCCBr)C(C)C. The Hall–Kier alpha value is -0.340. The summed E-state index contributed by atoms with van der Waals surface area (Å²) in [4.78, 5) is 10.9. The van der Waals surface area contributed by atoms with E-state index in [2.05, 4.69) is 20.7 Å². The summed E-state index contributed by atoms with van der Waals surface area (Å²) >= 11 is 3.22. The molecule has 0 aromatic carbocycles. The Morgan fingerprint density at radius 3 is 2.44 bits per heavy atom. The van der Waals surface area contributed by atoms with E-state index in [0.717, 1.165) is 7.11 Å². The number of hydrogen-bond acceptors (Lipinski definition) is 4. The van der Waals surface area contributed by atoms with Crippen LogP contribution < -0.4 is 4.72 Å². The number of alkyl halides is 1. The summed E-state index contributed by atoms with van der Waals surface area (Å²) in [6.07, 6.45) is -0.315. The molecule has 1 amide bonds. The van der Waals surface area contributed by atoms with E-state index in [1.165, 1.54) is 4.31 Å². The second-order valence-corrected chi connectivity index (χ2v) is 5.76. The number of halogens is 1. The number of rotatable bonds is 6. The number of nitrogens with zero attached hydrogens (tertiary/aromatic N) is 1. The van der Waals surface area contributed by atoms with Crippen LogP contribution in [0.3, 0.4) is 0 Å². The molecule has 0 aliphatic heterocycles. The van der Waals surface area contributed by atoms with Crippen LogP contribution in [0.15, 0.2) is 0 Å². The molecular weight excluding hydrogens is 300 g/mol. The highest BCUT2D eigenvalue weighted by Gasteiger charge is 2.26. The first-order valence-electron chi connectivity index (χ1n) is 4.78. The Kier molecular flexibility index (Phi) is 6.93. The molecule has 0 saturated carbocycles. The minimum Gasteiger partial charge on any atom is -0.452 e. The fourth-order valence-corrected chi connectivity index (χ4v) is 2.66. The van der Waals surface area contributed by atoms with Crippen molar-refractivity contribution in [3.63, 3.8) is 0 Å². The van der Waals surface area contributed by atoms with Crippen molar-refractivity contribution >= 4 is 32.2 Å². The normalized spacial score (nSPS) is 11.9. The van der Waals surface area contributed by atoms with Gasteiger partial charge in [-0.2, -0.15) is 12.7 Å². The van der Waals surface area contributed by atoms with E-state index in [9.17, 15) is 13.2 Å². The molecule has 96 valence electrons. The summed E-state index contributed by atoms with van der Waals surface area (Å²) in [6, 6.07) is -0.221. The lowest BCUT2D eigenvalue weighted by molar-refractivity contribution is 0.176. The zero-order chi connectivity index (χ0) is 12.8. The first-order chi connectivity index (χ1) is 7.35. The van der Waals surface area contributed by atoms with Gasteiger partial charge in [0.25, 0.3) is 0 Å². The van der Waals surface area contributed by atoms with E-state index in [1.54, 1.807) is 13.8 Å². The first kappa shape index (κ1) is 15.7. The van der Waals surface area contributed by atoms with Gasteiger partial charge in [-0.05, 0) is 20.3 Å². The maximum Gasteiger partial charge on any atom is 0.421 e. The largest absolute Gasteiger partial charge is 0.452 e. The predicted molar refractivity (Wildman–Crippen MR) is 64.7 cm³/mol. The second-order valence-electron chi connectivity index (χ2n) is 3.35. The predicted octanol–water partition coefficient (Wildman–Crippen LogP) is 1.08. The van der Waals surface area contributed by atoms with Crippen LogP contribution >= 0.6 is 15.9 Å². The van der Waals surface area contributed by atoms with Gasteiger partial charge in [0.2, 0.25) is 0 Å². The lowest BCUT2D eigenvalue weighted by Crippen LogP contribution is -2.47. The molecule has 0 rings (SSSR count). The zero-order valence-corrected chi connectivity index (χ0v) is 12.0. The lowest BCUT2D eigenvalue weighted by Gasteiger charge is -2.25. The number of ether oxygens (including phenoxy) is 1. The third-order valence-electron chi connectivity index (χ3n) is 1.79. The molecule has 0 spiro atoms. The van der Waals surface area contributed by atoms with Crippen LogP contribution in [-0.2, 0) is 14.9 Å². The van der Waals surface area contributed by atoms with Gasteiger partial charge in [0.15, 0.2) is 0 Å². The maximum atomic E-state index is 11.7. The van der Waals surface area contributed by atoms with E-state index in [0.29, 0.717) is 18.3 Å². The molecular formula is C8H17BrN2O4S. The number of carbonyl (C=O) groups is 1. The minimum absolute atomic E-state index is 0.221. The molecule has 0 aromatic rings. The molecule has 0 unspecified atom stereocenters. The quantitative estimate of drug-likeness (QED) is 0.744. The smallest absolute Gasteiger partial charge is 0.421 e. The minimum atomic E-state index is -3.82. The molecule has 0 aliphatic carbocycles. The van der Waals surface area contributed by atoms with E-state index in [-0.39, 0.29) is 6.04 Å². The van der Waals surface area contributed by atoms with E-state index < -0.39 is 16.3 Å². The van der Waals surface area contributed by atoms with E-state index >= 15 is 0 Å². The van der Waals surface area contributed by atoms with Crippen molar-refractivity contribution in [3.8, 4) is 0 Å². The average molecular weight is 317 g/mol. The van der Waals surface area contributed by atoms with Crippen molar-refractivity contribution in [1.82, 2.24) is 9.03 Å². The number of amides is 1. The Bertz CT molecular complexity index is 318. The Balaban J connectivity index is 4.69. The molecule has 0 aromatic heterocycles. The van der Waals surface area contributed by atoms with Crippen molar-refractivity contribution < 1.29 is 17.9 Å². The number of hydrogen-bond donors (Lipinski definition) is 1. The van der Waals surface area contributed by atoms with Gasteiger partial charge in [0.1, 0.15) is 0 Å². The fraction of sp³-hybridized carbons (Fsp3) is 0.875. The maximum absolute atomic E-state index is 11.7. The zero-order valence-electron chi connectivity index (χ0n) is 9.57. The molecule has 0 fully saturated rings. The summed E-state index contributed by atoms with van der Waals surface area (Å²) in [6.45, 7) is 3.82. The molecule has 0 heterocycles. The molecule has 6 nitrogen and oxygen atoms in total. The van der Waals surface area contributed by atoms with Crippen molar-refractivity contribution in [2.24, 2.45) is 0 Å². The third-order valence-corrected chi connectivity index (χ3v) is 4.00. The first-order valence-corrected chi connectivity index (χ1v) is 7.34. The van der Waals surface area contributed by atoms with Gasteiger partial charge in [-0.3, -0.25) is 0 Å². The van der Waals surface area contributed by atoms with Gasteiger partial charge in [-0.1, -0.05) is 15.9 Å². The topological polar surface area (TPSA) is 75.7 Å².